The van der Waals surface area contributed by atoms with Crippen molar-refractivity contribution in [3.63, 3.8) is 0 Å². The second kappa shape index (κ2) is 8.75. The van der Waals surface area contributed by atoms with Crippen molar-refractivity contribution in [2.75, 3.05) is 37.7 Å². The van der Waals surface area contributed by atoms with E-state index in [1.54, 1.807) is 0 Å². The van der Waals surface area contributed by atoms with Crippen molar-refractivity contribution in [2.24, 2.45) is 0 Å². The zero-order chi connectivity index (χ0) is 18.5. The van der Waals surface area contributed by atoms with Gasteiger partial charge in [0, 0.05) is 38.4 Å². The molecule has 27 heavy (non-hydrogen) atoms. The average Bonchev–Trinajstić information content (AvgIpc) is 2.75. The first kappa shape index (κ1) is 18.3. The summed E-state index contributed by atoms with van der Waals surface area (Å²) < 4.78 is 5.87. The van der Waals surface area contributed by atoms with Crippen molar-refractivity contribution in [1.29, 1.82) is 0 Å². The zero-order valence-corrected chi connectivity index (χ0v) is 16.4. The van der Waals surface area contributed by atoms with Crippen LogP contribution in [0.3, 0.4) is 0 Å². The van der Waals surface area contributed by atoms with Crippen molar-refractivity contribution in [3.8, 4) is 5.75 Å². The van der Waals surface area contributed by atoms with E-state index in [2.05, 4.69) is 58.1 Å². The number of nitrogens with zero attached hydrogens (tertiary/aromatic N) is 3. The molecule has 2 aliphatic rings. The van der Waals surface area contributed by atoms with Crippen LogP contribution in [0.5, 0.6) is 5.75 Å². The van der Waals surface area contributed by atoms with Gasteiger partial charge in [-0.1, -0.05) is 24.3 Å². The van der Waals surface area contributed by atoms with Crippen molar-refractivity contribution in [2.45, 2.75) is 44.6 Å². The molecule has 4 nitrogen and oxygen atoms in total. The Morgan fingerprint density at radius 2 is 1.67 bits per heavy atom. The molecule has 0 atom stereocenters. The summed E-state index contributed by atoms with van der Waals surface area (Å²) in [6, 6.07) is 15.6. The van der Waals surface area contributed by atoms with Crippen LogP contribution in [0.1, 0.15) is 44.1 Å². The molecule has 0 radical (unpaired) electrons. The second-order valence-electron chi connectivity index (χ2n) is 7.69. The number of aromatic nitrogens is 1. The number of anilines is 1. The number of hydrogen-bond acceptors (Lipinski definition) is 4. The molecule has 0 bridgehead atoms. The minimum Gasteiger partial charge on any atom is -0.494 e. The smallest absolute Gasteiger partial charge is 0.128 e. The Hall–Kier alpha value is -2.07. The van der Waals surface area contributed by atoms with E-state index < -0.39 is 0 Å². The van der Waals surface area contributed by atoms with Crippen LogP contribution < -0.4 is 9.64 Å². The fraction of sp³-hybridized carbons (Fsp3) is 0.522. The van der Waals surface area contributed by atoms with Crippen LogP contribution in [0.25, 0.3) is 0 Å². The van der Waals surface area contributed by atoms with Gasteiger partial charge in [0.15, 0.2) is 0 Å². The normalized spacial score (nSPS) is 24.0. The zero-order valence-electron chi connectivity index (χ0n) is 16.4. The molecule has 144 valence electrons. The number of benzene rings is 1. The summed E-state index contributed by atoms with van der Waals surface area (Å²) in [4.78, 5) is 9.63. The fourth-order valence-corrected chi connectivity index (χ4v) is 4.71. The molecule has 1 saturated heterocycles. The van der Waals surface area contributed by atoms with Crippen LogP contribution in [0.2, 0.25) is 0 Å². The monoisotopic (exact) mass is 365 g/mol. The molecule has 2 aromatic rings. The molecule has 0 N–H and O–H groups in total. The highest BCUT2D eigenvalue weighted by Gasteiger charge is 2.30. The third kappa shape index (κ3) is 4.27. The quantitative estimate of drug-likeness (QED) is 0.789. The topological polar surface area (TPSA) is 28.6 Å². The van der Waals surface area contributed by atoms with Gasteiger partial charge in [-0.25, -0.2) is 4.98 Å². The Morgan fingerprint density at radius 3 is 2.37 bits per heavy atom. The molecular weight excluding hydrogens is 334 g/mol. The highest BCUT2D eigenvalue weighted by Crippen LogP contribution is 2.39. The standard InChI is InChI=1S/C23H31N3O/c1-2-27-22-8-4-3-7-21(22)19-10-12-20(13-11-19)25-15-17-26(18-16-25)23-9-5-6-14-24-23/h3-9,14,19-20H,2,10-13,15-18H2,1H3. The lowest BCUT2D eigenvalue weighted by atomic mass is 9.80. The van der Waals surface area contributed by atoms with Gasteiger partial charge >= 0.3 is 0 Å². The summed E-state index contributed by atoms with van der Waals surface area (Å²) in [5.74, 6) is 2.86. The maximum Gasteiger partial charge on any atom is 0.128 e. The first-order valence-electron chi connectivity index (χ1n) is 10.5. The number of pyridine rings is 1. The van der Waals surface area contributed by atoms with Gasteiger partial charge in [-0.2, -0.15) is 0 Å². The van der Waals surface area contributed by atoms with Gasteiger partial charge in [-0.3, -0.25) is 4.90 Å². The van der Waals surface area contributed by atoms with Gasteiger partial charge in [0.25, 0.3) is 0 Å². The molecule has 0 unspecified atom stereocenters. The van der Waals surface area contributed by atoms with Gasteiger partial charge in [-0.05, 0) is 62.3 Å². The van der Waals surface area contributed by atoms with Crippen molar-refractivity contribution < 1.29 is 4.74 Å². The van der Waals surface area contributed by atoms with E-state index in [1.807, 2.05) is 12.3 Å². The molecule has 0 amide bonds. The Kier molecular flexibility index (Phi) is 5.93. The van der Waals surface area contributed by atoms with Crippen molar-refractivity contribution >= 4 is 5.82 Å². The molecule has 4 heteroatoms. The Labute approximate surface area is 163 Å². The lowest BCUT2D eigenvalue weighted by molar-refractivity contribution is 0.140. The van der Waals surface area contributed by atoms with Crippen LogP contribution in [-0.4, -0.2) is 48.7 Å². The Morgan fingerprint density at radius 1 is 0.926 bits per heavy atom. The third-order valence-electron chi connectivity index (χ3n) is 6.16. The molecule has 1 saturated carbocycles. The Balaban J connectivity index is 1.30. The lowest BCUT2D eigenvalue weighted by Crippen LogP contribution is -2.51. The Bertz CT molecular complexity index is 705. The van der Waals surface area contributed by atoms with E-state index >= 15 is 0 Å². The summed E-state index contributed by atoms with van der Waals surface area (Å²) in [6.45, 7) is 7.29. The van der Waals surface area contributed by atoms with Crippen LogP contribution >= 0.6 is 0 Å². The number of piperazine rings is 1. The molecule has 2 heterocycles. The molecular formula is C23H31N3O. The van der Waals surface area contributed by atoms with E-state index in [0.29, 0.717) is 5.92 Å². The molecule has 2 fully saturated rings. The van der Waals surface area contributed by atoms with E-state index in [9.17, 15) is 0 Å². The van der Waals surface area contributed by atoms with E-state index in [1.165, 1.54) is 31.2 Å². The van der Waals surface area contributed by atoms with E-state index in [0.717, 1.165) is 50.4 Å². The maximum absolute atomic E-state index is 5.87. The number of ether oxygens (including phenoxy) is 1. The predicted molar refractivity (Wildman–Crippen MR) is 111 cm³/mol. The summed E-state index contributed by atoms with van der Waals surface area (Å²) in [5.41, 5.74) is 1.41. The lowest BCUT2D eigenvalue weighted by Gasteiger charge is -2.42. The van der Waals surface area contributed by atoms with Gasteiger partial charge in [-0.15, -0.1) is 0 Å². The molecule has 4 rings (SSSR count). The number of hydrogen-bond donors (Lipinski definition) is 0. The van der Waals surface area contributed by atoms with Gasteiger partial charge in [0.1, 0.15) is 11.6 Å². The summed E-state index contributed by atoms with van der Waals surface area (Å²) in [5, 5.41) is 0. The highest BCUT2D eigenvalue weighted by atomic mass is 16.5. The molecule has 1 aromatic carbocycles. The molecule has 1 aromatic heterocycles. The molecule has 1 aliphatic carbocycles. The summed E-state index contributed by atoms with van der Waals surface area (Å²) >= 11 is 0. The van der Waals surface area contributed by atoms with Crippen LogP contribution in [0.4, 0.5) is 5.82 Å². The van der Waals surface area contributed by atoms with E-state index in [4.69, 9.17) is 4.74 Å². The van der Waals surface area contributed by atoms with E-state index in [-0.39, 0.29) is 0 Å². The van der Waals surface area contributed by atoms with Gasteiger partial charge in [0.2, 0.25) is 0 Å². The molecule has 0 spiro atoms. The second-order valence-corrected chi connectivity index (χ2v) is 7.69. The van der Waals surface area contributed by atoms with Crippen molar-refractivity contribution in [1.82, 2.24) is 9.88 Å². The fourth-order valence-electron chi connectivity index (χ4n) is 4.71. The van der Waals surface area contributed by atoms with Crippen LogP contribution in [-0.2, 0) is 0 Å². The molecule has 1 aliphatic heterocycles. The first-order chi connectivity index (χ1) is 13.3. The highest BCUT2D eigenvalue weighted by molar-refractivity contribution is 5.38. The van der Waals surface area contributed by atoms with Crippen molar-refractivity contribution in [3.05, 3.63) is 54.2 Å². The summed E-state index contributed by atoms with van der Waals surface area (Å²) in [7, 11) is 0. The minimum atomic E-state index is 0.652. The SMILES string of the molecule is CCOc1ccccc1C1CCC(N2CCN(c3ccccn3)CC2)CC1. The first-order valence-corrected chi connectivity index (χ1v) is 10.5. The predicted octanol–water partition coefficient (Wildman–Crippen LogP) is 4.33. The van der Waals surface area contributed by atoms with Gasteiger partial charge in [0.05, 0.1) is 6.61 Å². The third-order valence-corrected chi connectivity index (χ3v) is 6.16. The minimum absolute atomic E-state index is 0.652. The summed E-state index contributed by atoms with van der Waals surface area (Å²) in [6.07, 6.45) is 7.04. The van der Waals surface area contributed by atoms with Gasteiger partial charge < -0.3 is 9.64 Å². The van der Waals surface area contributed by atoms with Crippen LogP contribution in [0, 0.1) is 0 Å². The number of rotatable bonds is 5. The average molecular weight is 366 g/mol. The van der Waals surface area contributed by atoms with Crippen LogP contribution in [0.15, 0.2) is 48.7 Å². The number of para-hydroxylation sites is 1. The largest absolute Gasteiger partial charge is 0.494 e. The maximum atomic E-state index is 5.87.